The molecule has 0 aliphatic rings. The number of amides is 2. The van der Waals surface area contributed by atoms with Gasteiger partial charge >= 0.3 is 0 Å². The van der Waals surface area contributed by atoms with Crippen LogP contribution in [0.5, 0.6) is 0 Å². The van der Waals surface area contributed by atoms with Crippen LogP contribution in [0, 0.1) is 13.8 Å². The van der Waals surface area contributed by atoms with Crippen molar-refractivity contribution in [1.29, 1.82) is 0 Å². The molecular formula is C19H21Cl2N3O4S2. The topological polar surface area (TPSA) is 104 Å². The van der Waals surface area contributed by atoms with Gasteiger partial charge in [0.05, 0.1) is 15.7 Å². The molecule has 0 spiro atoms. The summed E-state index contributed by atoms with van der Waals surface area (Å²) in [4.78, 5) is 24.5. The first-order valence-electron chi connectivity index (χ1n) is 8.81. The predicted octanol–water partition coefficient (Wildman–Crippen LogP) is 3.22. The van der Waals surface area contributed by atoms with Gasteiger partial charge in [0.2, 0.25) is 21.8 Å². The van der Waals surface area contributed by atoms with E-state index in [9.17, 15) is 18.0 Å². The average molecular weight is 490 g/mol. The van der Waals surface area contributed by atoms with Crippen molar-refractivity contribution in [3.05, 3.63) is 57.6 Å². The number of hydrogen-bond donors (Lipinski definition) is 3. The zero-order valence-electron chi connectivity index (χ0n) is 16.3. The SMILES string of the molecule is Cc1ccc(C)c(S(=O)(=O)NCCC(=O)NNC(=O)CSc2cc(Cl)ccc2Cl)c1. The van der Waals surface area contributed by atoms with Gasteiger partial charge < -0.3 is 0 Å². The minimum Gasteiger partial charge on any atom is -0.273 e. The average Bonchev–Trinajstić information content (AvgIpc) is 2.68. The van der Waals surface area contributed by atoms with Gasteiger partial charge in [0.25, 0.3) is 0 Å². The molecule has 0 aliphatic heterocycles. The molecule has 0 atom stereocenters. The fraction of sp³-hybridized carbons (Fsp3) is 0.263. The van der Waals surface area contributed by atoms with Gasteiger partial charge in [-0.1, -0.05) is 35.3 Å². The third-order valence-corrected chi connectivity index (χ3v) is 7.21. The second-order valence-corrected chi connectivity index (χ2v) is 9.97. The Hall–Kier alpha value is -1.78. The van der Waals surface area contributed by atoms with Crippen LogP contribution >= 0.6 is 35.0 Å². The van der Waals surface area contributed by atoms with Crippen LogP contribution in [-0.2, 0) is 19.6 Å². The molecule has 2 rings (SSSR count). The van der Waals surface area contributed by atoms with Crippen LogP contribution in [0.15, 0.2) is 46.2 Å². The summed E-state index contributed by atoms with van der Waals surface area (Å²) in [5, 5.41) is 0.969. The molecule has 0 fully saturated rings. The van der Waals surface area contributed by atoms with Crippen molar-refractivity contribution >= 4 is 56.8 Å². The molecule has 7 nitrogen and oxygen atoms in total. The summed E-state index contributed by atoms with van der Waals surface area (Å²) in [5.74, 6) is -0.960. The molecule has 2 aromatic rings. The van der Waals surface area contributed by atoms with E-state index in [1.807, 2.05) is 6.07 Å². The molecule has 0 heterocycles. The maximum absolute atomic E-state index is 12.4. The molecule has 0 aromatic heterocycles. The summed E-state index contributed by atoms with van der Waals surface area (Å²) >= 11 is 13.1. The van der Waals surface area contributed by atoms with Crippen molar-refractivity contribution < 1.29 is 18.0 Å². The molecule has 0 bridgehead atoms. The minimum atomic E-state index is -3.73. The van der Waals surface area contributed by atoms with Crippen molar-refractivity contribution in [3.8, 4) is 0 Å². The highest BCUT2D eigenvalue weighted by molar-refractivity contribution is 8.00. The minimum absolute atomic E-state index is 0.0135. The third-order valence-electron chi connectivity index (χ3n) is 3.87. The first-order valence-corrected chi connectivity index (χ1v) is 12.0. The maximum atomic E-state index is 12.4. The highest BCUT2D eigenvalue weighted by Crippen LogP contribution is 2.29. The van der Waals surface area contributed by atoms with Gasteiger partial charge in [-0.2, -0.15) is 0 Å². The number of sulfonamides is 1. The van der Waals surface area contributed by atoms with Crippen LogP contribution in [0.2, 0.25) is 10.0 Å². The Kier molecular flexibility index (Phi) is 8.99. The fourth-order valence-corrected chi connectivity index (χ4v) is 4.99. The van der Waals surface area contributed by atoms with Crippen LogP contribution < -0.4 is 15.6 Å². The Morgan fingerprint density at radius 3 is 2.43 bits per heavy atom. The standard InChI is InChI=1S/C19H21Cl2N3O4S2/c1-12-3-4-13(2)17(9-12)30(27,28)22-8-7-18(25)23-24-19(26)11-29-16-10-14(20)5-6-15(16)21/h3-6,9-10,22H,7-8,11H2,1-2H3,(H,23,25)(H,24,26). The summed E-state index contributed by atoms with van der Waals surface area (Å²) in [6.07, 6.45) is -0.141. The lowest BCUT2D eigenvalue weighted by atomic mass is 10.2. The molecule has 0 saturated heterocycles. The van der Waals surface area contributed by atoms with Gasteiger partial charge in [0, 0.05) is 22.9 Å². The third kappa shape index (κ3) is 7.48. The van der Waals surface area contributed by atoms with Crippen molar-refractivity contribution in [2.75, 3.05) is 12.3 Å². The molecule has 0 radical (unpaired) electrons. The number of carbonyl (C=O) groups excluding carboxylic acids is 2. The zero-order valence-corrected chi connectivity index (χ0v) is 19.4. The lowest BCUT2D eigenvalue weighted by molar-refractivity contribution is -0.127. The first kappa shape index (κ1) is 24.5. The number of halogens is 2. The van der Waals surface area contributed by atoms with E-state index in [-0.39, 0.29) is 23.6 Å². The number of thioether (sulfide) groups is 1. The van der Waals surface area contributed by atoms with Gasteiger partial charge in [-0.3, -0.25) is 20.4 Å². The fourth-order valence-electron chi connectivity index (χ4n) is 2.34. The zero-order chi connectivity index (χ0) is 22.3. The number of hydrazine groups is 1. The van der Waals surface area contributed by atoms with E-state index >= 15 is 0 Å². The maximum Gasteiger partial charge on any atom is 0.248 e. The summed E-state index contributed by atoms with van der Waals surface area (Å²) in [5.41, 5.74) is 5.95. The largest absolute Gasteiger partial charge is 0.273 e. The molecule has 11 heteroatoms. The van der Waals surface area contributed by atoms with Gasteiger partial charge in [0.15, 0.2) is 0 Å². The van der Waals surface area contributed by atoms with Gasteiger partial charge in [0.1, 0.15) is 0 Å². The Balaban J connectivity index is 1.75. The summed E-state index contributed by atoms with van der Waals surface area (Å²) in [6, 6.07) is 10.0. The Morgan fingerprint density at radius 2 is 1.70 bits per heavy atom. The molecule has 3 N–H and O–H groups in total. The molecule has 0 unspecified atom stereocenters. The summed E-state index contributed by atoms with van der Waals surface area (Å²) < 4.78 is 27.2. The van der Waals surface area contributed by atoms with Crippen molar-refractivity contribution in [3.63, 3.8) is 0 Å². The number of rotatable bonds is 8. The van der Waals surface area contributed by atoms with E-state index < -0.39 is 21.8 Å². The van der Waals surface area contributed by atoms with Crippen molar-refractivity contribution in [2.45, 2.75) is 30.1 Å². The van der Waals surface area contributed by atoms with E-state index in [0.29, 0.717) is 20.5 Å². The van der Waals surface area contributed by atoms with E-state index in [0.717, 1.165) is 5.56 Å². The molecule has 0 saturated carbocycles. The smallest absolute Gasteiger partial charge is 0.248 e. The molecule has 0 aliphatic carbocycles. The van der Waals surface area contributed by atoms with Crippen LogP contribution in [0.25, 0.3) is 0 Å². The highest BCUT2D eigenvalue weighted by Gasteiger charge is 2.17. The second-order valence-electron chi connectivity index (χ2n) is 6.38. The van der Waals surface area contributed by atoms with Gasteiger partial charge in [-0.15, -0.1) is 11.8 Å². The lowest BCUT2D eigenvalue weighted by Crippen LogP contribution is -2.43. The number of hydrogen-bond acceptors (Lipinski definition) is 5. The van der Waals surface area contributed by atoms with Crippen LogP contribution in [-0.4, -0.2) is 32.5 Å². The Morgan fingerprint density at radius 1 is 1.00 bits per heavy atom. The monoisotopic (exact) mass is 489 g/mol. The van der Waals surface area contributed by atoms with E-state index in [2.05, 4.69) is 15.6 Å². The number of carbonyl (C=O) groups is 2. The summed E-state index contributed by atoms with van der Waals surface area (Å²) in [6.45, 7) is 3.39. The van der Waals surface area contributed by atoms with E-state index in [1.54, 1.807) is 44.2 Å². The van der Waals surface area contributed by atoms with Crippen molar-refractivity contribution in [2.24, 2.45) is 0 Å². The summed E-state index contributed by atoms with van der Waals surface area (Å²) in [7, 11) is -3.73. The van der Waals surface area contributed by atoms with Crippen molar-refractivity contribution in [1.82, 2.24) is 15.6 Å². The molecular weight excluding hydrogens is 469 g/mol. The van der Waals surface area contributed by atoms with Gasteiger partial charge in [-0.05, 0) is 49.2 Å². The lowest BCUT2D eigenvalue weighted by Gasteiger charge is -2.11. The number of aryl methyl sites for hydroxylation is 2. The number of nitrogens with one attached hydrogen (secondary N) is 3. The number of benzene rings is 2. The molecule has 2 aromatic carbocycles. The molecule has 162 valence electrons. The first-order chi connectivity index (χ1) is 14.1. The van der Waals surface area contributed by atoms with Crippen LogP contribution in [0.3, 0.4) is 0 Å². The normalized spacial score (nSPS) is 11.2. The Labute approximate surface area is 189 Å². The van der Waals surface area contributed by atoms with Gasteiger partial charge in [-0.25, -0.2) is 13.1 Å². The molecule has 2 amide bonds. The van der Waals surface area contributed by atoms with E-state index in [4.69, 9.17) is 23.2 Å². The highest BCUT2D eigenvalue weighted by atomic mass is 35.5. The predicted molar refractivity (Wildman–Crippen MR) is 119 cm³/mol. The van der Waals surface area contributed by atoms with Crippen LogP contribution in [0.1, 0.15) is 17.5 Å². The van der Waals surface area contributed by atoms with E-state index in [1.165, 1.54) is 11.8 Å². The molecule has 30 heavy (non-hydrogen) atoms. The second kappa shape index (κ2) is 11.0. The quantitative estimate of drug-likeness (QED) is 0.390. The van der Waals surface area contributed by atoms with Crippen LogP contribution in [0.4, 0.5) is 0 Å². The Bertz CT molecular complexity index is 1050.